The average Bonchev–Trinajstić information content (AvgIpc) is 2.61. The van der Waals surface area contributed by atoms with E-state index in [9.17, 15) is 0 Å². The second kappa shape index (κ2) is 8.21. The van der Waals surface area contributed by atoms with Crippen LogP contribution < -0.4 is 9.47 Å². The van der Waals surface area contributed by atoms with E-state index in [1.807, 2.05) is 35.7 Å². The summed E-state index contributed by atoms with van der Waals surface area (Å²) in [5.41, 5.74) is 2.61. The van der Waals surface area contributed by atoms with E-state index < -0.39 is 0 Å². The fraction of sp³-hybridized carbons (Fsp3) is 0.400. The largest absolute Gasteiger partial charge is 0.490 e. The Morgan fingerprint density at radius 1 is 0.833 bits per heavy atom. The molecule has 1 saturated heterocycles. The van der Waals surface area contributed by atoms with Gasteiger partial charge in [-0.15, -0.1) is 23.5 Å². The normalized spacial score (nSPS) is 16.6. The lowest BCUT2D eigenvalue weighted by Crippen LogP contribution is -2.18. The second-order valence-corrected chi connectivity index (χ2v) is 9.32. The molecule has 2 nitrogen and oxygen atoms in total. The first-order valence-corrected chi connectivity index (χ1v) is 10.3. The zero-order valence-corrected chi connectivity index (χ0v) is 15.9. The SMILES string of the molecule is Cc1ccc(OCCOc2ccc(C3(C)SCCCS3)cc2)cc1. The van der Waals surface area contributed by atoms with E-state index in [0.29, 0.717) is 13.2 Å². The summed E-state index contributed by atoms with van der Waals surface area (Å²) in [6.45, 7) is 5.50. The quantitative estimate of drug-likeness (QED) is 0.633. The Bertz CT molecular complexity index is 632. The lowest BCUT2D eigenvalue weighted by atomic mass is 10.1. The molecule has 1 aliphatic rings. The third kappa shape index (κ3) is 4.64. The fourth-order valence-electron chi connectivity index (χ4n) is 2.61. The summed E-state index contributed by atoms with van der Waals surface area (Å²) in [5.74, 6) is 4.29. The van der Waals surface area contributed by atoms with Gasteiger partial charge in [0.25, 0.3) is 0 Å². The number of ether oxygens (including phenoxy) is 2. The van der Waals surface area contributed by atoms with Crippen molar-refractivity contribution in [1.82, 2.24) is 0 Å². The standard InChI is InChI=1S/C20H24O2S2/c1-16-4-8-18(9-5-16)21-12-13-22-19-10-6-17(7-11-19)20(2)23-14-3-15-24-20/h4-11H,3,12-15H2,1-2H3. The van der Waals surface area contributed by atoms with Crippen LogP contribution in [0.3, 0.4) is 0 Å². The number of rotatable bonds is 6. The third-order valence-corrected chi connectivity index (χ3v) is 7.33. The number of hydrogen-bond donors (Lipinski definition) is 0. The first-order chi connectivity index (χ1) is 11.7. The van der Waals surface area contributed by atoms with Crippen molar-refractivity contribution in [2.75, 3.05) is 24.7 Å². The molecule has 2 aromatic rings. The Balaban J connectivity index is 1.47. The maximum Gasteiger partial charge on any atom is 0.122 e. The molecule has 2 aromatic carbocycles. The van der Waals surface area contributed by atoms with Gasteiger partial charge in [-0.25, -0.2) is 0 Å². The van der Waals surface area contributed by atoms with Crippen molar-refractivity contribution < 1.29 is 9.47 Å². The first kappa shape index (κ1) is 17.6. The van der Waals surface area contributed by atoms with Gasteiger partial charge in [0.05, 0.1) is 4.08 Å². The molecule has 0 atom stereocenters. The van der Waals surface area contributed by atoms with E-state index in [2.05, 4.69) is 50.2 Å². The van der Waals surface area contributed by atoms with Gasteiger partial charge in [0.15, 0.2) is 0 Å². The Morgan fingerprint density at radius 2 is 1.33 bits per heavy atom. The van der Waals surface area contributed by atoms with Crippen LogP contribution in [0, 0.1) is 6.92 Å². The zero-order chi connectivity index (χ0) is 16.8. The second-order valence-electron chi connectivity index (χ2n) is 6.03. The van der Waals surface area contributed by atoms with Crippen molar-refractivity contribution in [2.45, 2.75) is 24.3 Å². The minimum atomic E-state index is 0.186. The van der Waals surface area contributed by atoms with Gasteiger partial charge in [-0.3, -0.25) is 0 Å². The average molecular weight is 361 g/mol. The minimum Gasteiger partial charge on any atom is -0.490 e. The summed E-state index contributed by atoms with van der Waals surface area (Å²) < 4.78 is 11.7. The summed E-state index contributed by atoms with van der Waals surface area (Å²) in [6.07, 6.45) is 1.31. The molecule has 1 heterocycles. The molecule has 1 fully saturated rings. The minimum absolute atomic E-state index is 0.186. The van der Waals surface area contributed by atoms with Gasteiger partial charge >= 0.3 is 0 Å². The molecule has 0 amide bonds. The molecule has 24 heavy (non-hydrogen) atoms. The van der Waals surface area contributed by atoms with Gasteiger partial charge in [-0.2, -0.15) is 0 Å². The molecule has 0 aromatic heterocycles. The molecule has 0 spiro atoms. The van der Waals surface area contributed by atoms with Crippen LogP contribution in [0.15, 0.2) is 48.5 Å². The van der Waals surface area contributed by atoms with Crippen LogP contribution in [0.2, 0.25) is 0 Å². The Labute approximate surface area is 153 Å². The summed E-state index contributed by atoms with van der Waals surface area (Å²) in [5, 5.41) is 0. The lowest BCUT2D eigenvalue weighted by molar-refractivity contribution is 0.217. The smallest absolute Gasteiger partial charge is 0.122 e. The zero-order valence-electron chi connectivity index (χ0n) is 14.3. The molecule has 0 unspecified atom stereocenters. The van der Waals surface area contributed by atoms with Crippen LogP contribution in [-0.4, -0.2) is 24.7 Å². The third-order valence-electron chi connectivity index (χ3n) is 4.06. The van der Waals surface area contributed by atoms with Crippen LogP contribution >= 0.6 is 23.5 Å². The van der Waals surface area contributed by atoms with Gasteiger partial charge < -0.3 is 9.47 Å². The maximum absolute atomic E-state index is 5.79. The highest BCUT2D eigenvalue weighted by molar-refractivity contribution is 8.18. The van der Waals surface area contributed by atoms with Crippen LogP contribution in [0.5, 0.6) is 11.5 Å². The van der Waals surface area contributed by atoms with Crippen molar-refractivity contribution in [3.8, 4) is 11.5 Å². The van der Waals surface area contributed by atoms with Crippen LogP contribution in [0.4, 0.5) is 0 Å². The Kier molecular flexibility index (Phi) is 6.01. The Hall–Kier alpha value is -1.26. The highest BCUT2D eigenvalue weighted by Gasteiger charge is 2.30. The molecular weight excluding hydrogens is 336 g/mol. The molecule has 0 aliphatic carbocycles. The van der Waals surface area contributed by atoms with Gasteiger partial charge in [0, 0.05) is 0 Å². The molecule has 1 aliphatic heterocycles. The van der Waals surface area contributed by atoms with Gasteiger partial charge in [0.2, 0.25) is 0 Å². The van der Waals surface area contributed by atoms with Gasteiger partial charge in [0.1, 0.15) is 24.7 Å². The lowest BCUT2D eigenvalue weighted by Gasteiger charge is -2.32. The van der Waals surface area contributed by atoms with Crippen molar-refractivity contribution in [3.63, 3.8) is 0 Å². The fourth-order valence-corrected chi connectivity index (χ4v) is 5.59. The molecule has 0 radical (unpaired) electrons. The molecule has 128 valence electrons. The molecule has 0 saturated carbocycles. The monoisotopic (exact) mass is 360 g/mol. The maximum atomic E-state index is 5.79. The summed E-state index contributed by atoms with van der Waals surface area (Å²) >= 11 is 4.09. The topological polar surface area (TPSA) is 18.5 Å². The summed E-state index contributed by atoms with van der Waals surface area (Å²) in [7, 11) is 0. The van der Waals surface area contributed by atoms with Crippen LogP contribution in [0.1, 0.15) is 24.5 Å². The van der Waals surface area contributed by atoms with Crippen molar-refractivity contribution in [1.29, 1.82) is 0 Å². The van der Waals surface area contributed by atoms with Crippen molar-refractivity contribution in [2.24, 2.45) is 0 Å². The van der Waals surface area contributed by atoms with E-state index in [0.717, 1.165) is 11.5 Å². The number of benzene rings is 2. The highest BCUT2D eigenvalue weighted by Crippen LogP contribution is 2.49. The molecule has 0 N–H and O–H groups in total. The number of hydrogen-bond acceptors (Lipinski definition) is 4. The van der Waals surface area contributed by atoms with Crippen molar-refractivity contribution >= 4 is 23.5 Å². The predicted octanol–water partition coefficient (Wildman–Crippen LogP) is 5.50. The van der Waals surface area contributed by atoms with E-state index in [1.54, 1.807) is 0 Å². The number of aryl methyl sites for hydroxylation is 1. The Morgan fingerprint density at radius 3 is 1.88 bits per heavy atom. The highest BCUT2D eigenvalue weighted by atomic mass is 32.2. The van der Waals surface area contributed by atoms with E-state index in [-0.39, 0.29) is 4.08 Å². The molecular formula is C20H24O2S2. The van der Waals surface area contributed by atoms with Crippen molar-refractivity contribution in [3.05, 3.63) is 59.7 Å². The number of thioether (sulfide) groups is 2. The van der Waals surface area contributed by atoms with Gasteiger partial charge in [-0.05, 0) is 61.6 Å². The predicted molar refractivity (Wildman–Crippen MR) is 105 cm³/mol. The van der Waals surface area contributed by atoms with Crippen LogP contribution in [0.25, 0.3) is 0 Å². The summed E-state index contributed by atoms with van der Waals surface area (Å²) in [6, 6.07) is 16.6. The van der Waals surface area contributed by atoms with Gasteiger partial charge in [-0.1, -0.05) is 29.8 Å². The van der Waals surface area contributed by atoms with E-state index in [4.69, 9.17) is 9.47 Å². The van der Waals surface area contributed by atoms with Crippen LogP contribution in [-0.2, 0) is 4.08 Å². The molecule has 4 heteroatoms. The molecule has 0 bridgehead atoms. The molecule has 3 rings (SSSR count). The van der Waals surface area contributed by atoms with E-state index >= 15 is 0 Å². The summed E-state index contributed by atoms with van der Waals surface area (Å²) in [4.78, 5) is 0. The van der Waals surface area contributed by atoms with E-state index in [1.165, 1.54) is 29.1 Å². The first-order valence-electron chi connectivity index (χ1n) is 8.36.